The number of hydrogen-bond acceptors (Lipinski definition) is 3. The van der Waals surface area contributed by atoms with Gasteiger partial charge in [0, 0.05) is 7.05 Å². The van der Waals surface area contributed by atoms with Crippen molar-refractivity contribution in [2.45, 2.75) is 38.6 Å². The first kappa shape index (κ1) is 12.4. The summed E-state index contributed by atoms with van der Waals surface area (Å²) < 4.78 is 7.42. The van der Waals surface area contributed by atoms with Gasteiger partial charge in [-0.3, -0.25) is 4.68 Å². The zero-order chi connectivity index (χ0) is 12.5. The summed E-state index contributed by atoms with van der Waals surface area (Å²) in [5.74, 6) is 1.56. The number of methoxy groups -OCH3 is 1. The quantitative estimate of drug-likeness (QED) is 0.871. The van der Waals surface area contributed by atoms with Crippen LogP contribution in [0.3, 0.4) is 0 Å². The maximum Gasteiger partial charge on any atom is 0.161 e. The fourth-order valence-corrected chi connectivity index (χ4v) is 3.09. The second-order valence-electron chi connectivity index (χ2n) is 5.40. The van der Waals surface area contributed by atoms with E-state index in [0.717, 1.165) is 18.7 Å². The standard InChI is InChI=1S/C13H23N3O/c1-10(2)8-13(6-5-7-14-13)12-11(17-4)9-15-16(12)3/h9-10,14H,5-8H2,1-4H3. The van der Waals surface area contributed by atoms with E-state index in [1.165, 1.54) is 18.5 Å². The van der Waals surface area contributed by atoms with Crippen molar-refractivity contribution in [3.63, 3.8) is 0 Å². The van der Waals surface area contributed by atoms with Crippen LogP contribution in [0.4, 0.5) is 0 Å². The van der Waals surface area contributed by atoms with E-state index in [1.54, 1.807) is 7.11 Å². The first-order valence-corrected chi connectivity index (χ1v) is 6.40. The summed E-state index contributed by atoms with van der Waals surface area (Å²) >= 11 is 0. The van der Waals surface area contributed by atoms with Crippen LogP contribution in [-0.2, 0) is 12.6 Å². The summed E-state index contributed by atoms with van der Waals surface area (Å²) in [6, 6.07) is 0. The average Bonchev–Trinajstić information content (AvgIpc) is 2.84. The molecule has 1 aromatic rings. The molecule has 0 spiro atoms. The lowest BCUT2D eigenvalue weighted by molar-refractivity contribution is 0.279. The van der Waals surface area contributed by atoms with Crippen molar-refractivity contribution in [2.75, 3.05) is 13.7 Å². The molecule has 1 fully saturated rings. The second kappa shape index (κ2) is 4.69. The number of hydrogen-bond donors (Lipinski definition) is 1. The molecular weight excluding hydrogens is 214 g/mol. The smallest absolute Gasteiger partial charge is 0.161 e. The maximum absolute atomic E-state index is 5.46. The fourth-order valence-electron chi connectivity index (χ4n) is 3.09. The molecular formula is C13H23N3O. The molecule has 17 heavy (non-hydrogen) atoms. The predicted molar refractivity (Wildman–Crippen MR) is 68.1 cm³/mol. The Bertz CT molecular complexity index is 378. The van der Waals surface area contributed by atoms with Crippen LogP contribution in [-0.4, -0.2) is 23.4 Å². The number of aryl methyl sites for hydroxylation is 1. The second-order valence-corrected chi connectivity index (χ2v) is 5.40. The molecule has 1 N–H and O–H groups in total. The van der Waals surface area contributed by atoms with Crippen LogP contribution < -0.4 is 10.1 Å². The van der Waals surface area contributed by atoms with Crippen molar-refractivity contribution >= 4 is 0 Å². The summed E-state index contributed by atoms with van der Waals surface area (Å²) in [5.41, 5.74) is 1.25. The van der Waals surface area contributed by atoms with E-state index >= 15 is 0 Å². The monoisotopic (exact) mass is 237 g/mol. The third-order valence-electron chi connectivity index (χ3n) is 3.58. The Morgan fingerprint density at radius 2 is 2.35 bits per heavy atom. The zero-order valence-corrected chi connectivity index (χ0v) is 11.3. The summed E-state index contributed by atoms with van der Waals surface area (Å²) in [6.07, 6.45) is 5.34. The van der Waals surface area contributed by atoms with Crippen LogP contribution in [0.25, 0.3) is 0 Å². The Labute approximate surface area is 103 Å². The molecule has 0 aromatic carbocycles. The van der Waals surface area contributed by atoms with Gasteiger partial charge in [-0.1, -0.05) is 13.8 Å². The molecule has 0 saturated carbocycles. The van der Waals surface area contributed by atoms with Crippen LogP contribution in [0.2, 0.25) is 0 Å². The van der Waals surface area contributed by atoms with Crippen LogP contribution in [0.1, 0.15) is 38.8 Å². The lowest BCUT2D eigenvalue weighted by Crippen LogP contribution is -2.40. The van der Waals surface area contributed by atoms with Crippen LogP contribution in [0.15, 0.2) is 6.20 Å². The highest BCUT2D eigenvalue weighted by Crippen LogP contribution is 2.40. The van der Waals surface area contributed by atoms with E-state index in [9.17, 15) is 0 Å². The predicted octanol–water partition coefficient (Wildman–Crippen LogP) is 2.05. The van der Waals surface area contributed by atoms with Gasteiger partial charge in [0.25, 0.3) is 0 Å². The molecule has 0 radical (unpaired) electrons. The van der Waals surface area contributed by atoms with Crippen molar-refractivity contribution in [1.82, 2.24) is 15.1 Å². The zero-order valence-electron chi connectivity index (χ0n) is 11.3. The molecule has 1 saturated heterocycles. The third kappa shape index (κ3) is 2.18. The van der Waals surface area contributed by atoms with Crippen LogP contribution in [0.5, 0.6) is 5.75 Å². The van der Waals surface area contributed by atoms with Gasteiger partial charge in [-0.15, -0.1) is 0 Å². The SMILES string of the molecule is COc1cnn(C)c1C1(CC(C)C)CCCN1. The Kier molecular flexibility index (Phi) is 3.43. The molecule has 0 bridgehead atoms. The summed E-state index contributed by atoms with van der Waals surface area (Å²) in [7, 11) is 3.72. The number of aromatic nitrogens is 2. The van der Waals surface area contributed by atoms with Gasteiger partial charge >= 0.3 is 0 Å². The highest BCUT2D eigenvalue weighted by Gasteiger charge is 2.40. The molecule has 1 aromatic heterocycles. The Morgan fingerprint density at radius 3 is 2.88 bits per heavy atom. The fraction of sp³-hybridized carbons (Fsp3) is 0.769. The molecule has 2 rings (SSSR count). The molecule has 1 atom stereocenters. The summed E-state index contributed by atoms with van der Waals surface area (Å²) in [4.78, 5) is 0. The highest BCUT2D eigenvalue weighted by molar-refractivity contribution is 5.33. The third-order valence-corrected chi connectivity index (χ3v) is 3.58. The molecule has 1 aliphatic heterocycles. The van der Waals surface area contributed by atoms with Crippen LogP contribution in [0, 0.1) is 5.92 Å². The molecule has 1 unspecified atom stereocenters. The van der Waals surface area contributed by atoms with Gasteiger partial charge in [-0.05, 0) is 31.7 Å². The lowest BCUT2D eigenvalue weighted by Gasteiger charge is -2.32. The Morgan fingerprint density at radius 1 is 1.59 bits per heavy atom. The number of rotatable bonds is 4. The minimum Gasteiger partial charge on any atom is -0.493 e. The van der Waals surface area contributed by atoms with Crippen LogP contribution >= 0.6 is 0 Å². The number of nitrogens with one attached hydrogen (secondary N) is 1. The first-order chi connectivity index (χ1) is 8.09. The van der Waals surface area contributed by atoms with Crippen molar-refractivity contribution < 1.29 is 4.74 Å². The van der Waals surface area contributed by atoms with Gasteiger partial charge < -0.3 is 10.1 Å². The summed E-state index contributed by atoms with van der Waals surface area (Å²) in [5, 5.41) is 8.01. The Balaban J connectivity index is 2.41. The molecule has 1 aliphatic rings. The topological polar surface area (TPSA) is 39.1 Å². The number of ether oxygens (including phenoxy) is 1. The van der Waals surface area contributed by atoms with E-state index in [0.29, 0.717) is 5.92 Å². The summed E-state index contributed by atoms with van der Waals surface area (Å²) in [6.45, 7) is 5.62. The molecule has 4 heteroatoms. The Hall–Kier alpha value is -1.03. The number of nitrogens with zero attached hydrogens (tertiary/aromatic N) is 2. The molecule has 4 nitrogen and oxygen atoms in total. The van der Waals surface area contributed by atoms with E-state index in [2.05, 4.69) is 24.3 Å². The molecule has 0 amide bonds. The van der Waals surface area contributed by atoms with Gasteiger partial charge in [-0.25, -0.2) is 0 Å². The van der Waals surface area contributed by atoms with Crippen molar-refractivity contribution in [1.29, 1.82) is 0 Å². The van der Waals surface area contributed by atoms with E-state index in [1.807, 2.05) is 17.9 Å². The van der Waals surface area contributed by atoms with Gasteiger partial charge in [0.15, 0.2) is 5.75 Å². The van der Waals surface area contributed by atoms with E-state index < -0.39 is 0 Å². The minimum absolute atomic E-state index is 0.0464. The van der Waals surface area contributed by atoms with Gasteiger partial charge in [0.1, 0.15) is 5.69 Å². The van der Waals surface area contributed by atoms with E-state index in [4.69, 9.17) is 4.74 Å². The van der Waals surface area contributed by atoms with E-state index in [-0.39, 0.29) is 5.54 Å². The maximum atomic E-state index is 5.46. The van der Waals surface area contributed by atoms with Gasteiger partial charge in [0.05, 0.1) is 18.8 Å². The van der Waals surface area contributed by atoms with Crippen molar-refractivity contribution in [3.05, 3.63) is 11.9 Å². The first-order valence-electron chi connectivity index (χ1n) is 6.40. The molecule has 96 valence electrons. The molecule has 2 heterocycles. The normalized spacial score (nSPS) is 24.5. The highest BCUT2D eigenvalue weighted by atomic mass is 16.5. The average molecular weight is 237 g/mol. The molecule has 0 aliphatic carbocycles. The van der Waals surface area contributed by atoms with Gasteiger partial charge in [-0.2, -0.15) is 5.10 Å². The lowest BCUT2D eigenvalue weighted by atomic mass is 9.84. The van der Waals surface area contributed by atoms with Crippen molar-refractivity contribution in [3.8, 4) is 5.75 Å². The largest absolute Gasteiger partial charge is 0.493 e. The minimum atomic E-state index is 0.0464. The van der Waals surface area contributed by atoms with Crippen molar-refractivity contribution in [2.24, 2.45) is 13.0 Å². The van der Waals surface area contributed by atoms with Gasteiger partial charge in [0.2, 0.25) is 0 Å².